The van der Waals surface area contributed by atoms with Crippen LogP contribution in [0.2, 0.25) is 0 Å². The maximum atomic E-state index is 13.3. The quantitative estimate of drug-likeness (QED) is 0.452. The van der Waals surface area contributed by atoms with Crippen molar-refractivity contribution in [1.82, 2.24) is 4.57 Å². The van der Waals surface area contributed by atoms with E-state index in [1.54, 1.807) is 41.8 Å². The number of ether oxygens (including phenoxy) is 2. The number of esters is 2. The smallest absolute Gasteiger partial charge is 0.416 e. The SMILES string of the molecule is CCOC(=O)c1cc2ccccc2n1Cc1cc(OC(C)=O)cc(C(F)(F)F)c1. The van der Waals surface area contributed by atoms with E-state index in [-0.39, 0.29) is 30.2 Å². The van der Waals surface area contributed by atoms with Gasteiger partial charge in [0, 0.05) is 24.4 Å². The number of para-hydroxylation sites is 1. The molecule has 0 fully saturated rings. The Morgan fingerprint density at radius 3 is 2.45 bits per heavy atom. The summed E-state index contributed by atoms with van der Waals surface area (Å²) in [4.78, 5) is 23.6. The molecule has 3 rings (SSSR count). The van der Waals surface area contributed by atoms with Crippen LogP contribution in [0.4, 0.5) is 13.2 Å². The van der Waals surface area contributed by atoms with Crippen molar-refractivity contribution in [2.24, 2.45) is 0 Å². The third-order valence-electron chi connectivity index (χ3n) is 4.19. The fourth-order valence-electron chi connectivity index (χ4n) is 3.08. The molecular weight excluding hydrogens is 387 g/mol. The van der Waals surface area contributed by atoms with E-state index in [9.17, 15) is 22.8 Å². The van der Waals surface area contributed by atoms with E-state index >= 15 is 0 Å². The molecule has 0 radical (unpaired) electrons. The number of hydrogen-bond acceptors (Lipinski definition) is 4. The molecule has 0 bridgehead atoms. The molecule has 0 amide bonds. The van der Waals surface area contributed by atoms with Crippen LogP contribution in [0.25, 0.3) is 10.9 Å². The molecule has 0 saturated heterocycles. The van der Waals surface area contributed by atoms with E-state index < -0.39 is 23.7 Å². The number of nitrogens with zero attached hydrogens (tertiary/aromatic N) is 1. The van der Waals surface area contributed by atoms with Gasteiger partial charge in [-0.05, 0) is 42.8 Å². The van der Waals surface area contributed by atoms with Gasteiger partial charge in [0.2, 0.25) is 0 Å². The van der Waals surface area contributed by atoms with Crippen LogP contribution in [-0.4, -0.2) is 23.1 Å². The number of alkyl halides is 3. The summed E-state index contributed by atoms with van der Waals surface area (Å²) in [6, 6.07) is 11.8. The average Bonchev–Trinajstić information content (AvgIpc) is 2.99. The van der Waals surface area contributed by atoms with Gasteiger partial charge in [0.25, 0.3) is 0 Å². The molecule has 0 N–H and O–H groups in total. The van der Waals surface area contributed by atoms with E-state index in [4.69, 9.17) is 9.47 Å². The predicted molar refractivity (Wildman–Crippen MR) is 99.7 cm³/mol. The van der Waals surface area contributed by atoms with E-state index in [1.165, 1.54) is 6.07 Å². The van der Waals surface area contributed by atoms with Crippen LogP contribution < -0.4 is 4.74 Å². The van der Waals surface area contributed by atoms with Crippen LogP contribution in [-0.2, 0) is 22.3 Å². The van der Waals surface area contributed by atoms with Crippen molar-refractivity contribution in [3.8, 4) is 5.75 Å². The lowest BCUT2D eigenvalue weighted by Crippen LogP contribution is -2.14. The zero-order chi connectivity index (χ0) is 21.2. The van der Waals surface area contributed by atoms with E-state index in [1.807, 2.05) is 0 Å². The highest BCUT2D eigenvalue weighted by Crippen LogP contribution is 2.33. The van der Waals surface area contributed by atoms with Gasteiger partial charge in [-0.15, -0.1) is 0 Å². The Balaban J connectivity index is 2.11. The number of fused-ring (bicyclic) bond motifs is 1. The molecule has 29 heavy (non-hydrogen) atoms. The van der Waals surface area contributed by atoms with Crippen molar-refractivity contribution in [2.75, 3.05) is 6.61 Å². The molecule has 0 aliphatic heterocycles. The molecule has 1 aromatic heterocycles. The van der Waals surface area contributed by atoms with Gasteiger partial charge < -0.3 is 14.0 Å². The van der Waals surface area contributed by atoms with Crippen LogP contribution in [0.3, 0.4) is 0 Å². The second kappa shape index (κ2) is 7.98. The Morgan fingerprint density at radius 2 is 1.79 bits per heavy atom. The lowest BCUT2D eigenvalue weighted by Gasteiger charge is -2.14. The molecule has 5 nitrogen and oxygen atoms in total. The Labute approximate surface area is 164 Å². The molecule has 0 unspecified atom stereocenters. The third-order valence-corrected chi connectivity index (χ3v) is 4.19. The van der Waals surface area contributed by atoms with Gasteiger partial charge in [0.15, 0.2) is 0 Å². The first-order valence-electron chi connectivity index (χ1n) is 8.84. The maximum absolute atomic E-state index is 13.3. The molecule has 3 aromatic rings. The number of halogens is 3. The minimum Gasteiger partial charge on any atom is -0.461 e. The van der Waals surface area contributed by atoms with Crippen molar-refractivity contribution >= 4 is 22.8 Å². The van der Waals surface area contributed by atoms with Gasteiger partial charge in [0.1, 0.15) is 11.4 Å². The molecule has 0 aliphatic rings. The Bertz CT molecular complexity index is 1070. The number of rotatable bonds is 5. The summed E-state index contributed by atoms with van der Waals surface area (Å²) in [5.41, 5.74) is 0.171. The number of benzene rings is 2. The van der Waals surface area contributed by atoms with Crippen LogP contribution in [0.1, 0.15) is 35.5 Å². The first kappa shape index (κ1) is 20.4. The number of aromatic nitrogens is 1. The second-order valence-corrected chi connectivity index (χ2v) is 6.35. The van der Waals surface area contributed by atoms with Crippen LogP contribution in [0.5, 0.6) is 5.75 Å². The van der Waals surface area contributed by atoms with Gasteiger partial charge in [-0.3, -0.25) is 4.79 Å². The third kappa shape index (κ3) is 4.59. The average molecular weight is 405 g/mol. The molecule has 0 spiro atoms. The summed E-state index contributed by atoms with van der Waals surface area (Å²) in [6.07, 6.45) is -4.62. The number of carbonyl (C=O) groups is 2. The van der Waals surface area contributed by atoms with Gasteiger partial charge in [-0.2, -0.15) is 13.2 Å². The summed E-state index contributed by atoms with van der Waals surface area (Å²) in [5.74, 6) is -1.51. The fraction of sp³-hybridized carbons (Fsp3) is 0.238. The molecule has 0 aliphatic carbocycles. The number of hydrogen-bond donors (Lipinski definition) is 0. The zero-order valence-electron chi connectivity index (χ0n) is 15.7. The van der Waals surface area contributed by atoms with Gasteiger partial charge in [0.05, 0.1) is 12.2 Å². The van der Waals surface area contributed by atoms with E-state index in [2.05, 4.69) is 0 Å². The largest absolute Gasteiger partial charge is 0.461 e. The molecule has 0 saturated carbocycles. The minimum absolute atomic E-state index is 0.0418. The normalized spacial score (nSPS) is 11.5. The molecule has 8 heteroatoms. The zero-order valence-corrected chi connectivity index (χ0v) is 15.7. The first-order valence-corrected chi connectivity index (χ1v) is 8.84. The molecule has 0 atom stereocenters. The summed E-state index contributed by atoms with van der Waals surface area (Å²) in [7, 11) is 0. The van der Waals surface area contributed by atoms with Crippen molar-refractivity contribution in [1.29, 1.82) is 0 Å². The molecular formula is C21H18F3NO4. The van der Waals surface area contributed by atoms with Crippen molar-refractivity contribution in [2.45, 2.75) is 26.6 Å². The summed E-state index contributed by atoms with van der Waals surface area (Å²) in [6.45, 7) is 2.90. The summed E-state index contributed by atoms with van der Waals surface area (Å²) in [5, 5.41) is 0.753. The lowest BCUT2D eigenvalue weighted by atomic mass is 10.1. The van der Waals surface area contributed by atoms with Crippen molar-refractivity contribution in [3.05, 3.63) is 65.4 Å². The summed E-state index contributed by atoms with van der Waals surface area (Å²) >= 11 is 0. The minimum atomic E-state index is -4.62. The van der Waals surface area contributed by atoms with Crippen LogP contribution in [0.15, 0.2) is 48.5 Å². The summed E-state index contributed by atoms with van der Waals surface area (Å²) < 4.78 is 51.4. The topological polar surface area (TPSA) is 57.5 Å². The van der Waals surface area contributed by atoms with Gasteiger partial charge in [-0.1, -0.05) is 18.2 Å². The molecule has 152 valence electrons. The highest BCUT2D eigenvalue weighted by Gasteiger charge is 2.32. The van der Waals surface area contributed by atoms with Crippen molar-refractivity contribution < 1.29 is 32.2 Å². The van der Waals surface area contributed by atoms with E-state index in [0.717, 1.165) is 24.4 Å². The highest BCUT2D eigenvalue weighted by atomic mass is 19.4. The van der Waals surface area contributed by atoms with Gasteiger partial charge in [-0.25, -0.2) is 4.79 Å². The Kier molecular flexibility index (Phi) is 5.63. The Morgan fingerprint density at radius 1 is 1.07 bits per heavy atom. The fourth-order valence-corrected chi connectivity index (χ4v) is 3.08. The van der Waals surface area contributed by atoms with Crippen molar-refractivity contribution in [3.63, 3.8) is 0 Å². The second-order valence-electron chi connectivity index (χ2n) is 6.35. The standard InChI is InChI=1S/C21H18F3NO4/c1-3-28-20(27)19-10-15-6-4-5-7-18(15)25(19)12-14-8-16(21(22,23)24)11-17(9-14)29-13(2)26/h4-11H,3,12H2,1-2H3. The maximum Gasteiger partial charge on any atom is 0.416 e. The highest BCUT2D eigenvalue weighted by molar-refractivity contribution is 5.95. The molecule has 1 heterocycles. The van der Waals surface area contributed by atoms with Crippen LogP contribution >= 0.6 is 0 Å². The van der Waals surface area contributed by atoms with E-state index in [0.29, 0.717) is 5.52 Å². The monoisotopic (exact) mass is 405 g/mol. The Hall–Kier alpha value is -3.29. The predicted octanol–water partition coefficient (Wildman–Crippen LogP) is 4.81. The molecule has 2 aromatic carbocycles. The van der Waals surface area contributed by atoms with Crippen LogP contribution in [0, 0.1) is 0 Å². The lowest BCUT2D eigenvalue weighted by molar-refractivity contribution is -0.138. The number of carbonyl (C=O) groups excluding carboxylic acids is 2. The van der Waals surface area contributed by atoms with Gasteiger partial charge >= 0.3 is 18.1 Å². The first-order chi connectivity index (χ1) is 13.7.